The number of nitrogens with one attached hydrogen (secondary N) is 1. The second kappa shape index (κ2) is 9.87. The van der Waals surface area contributed by atoms with Crippen molar-refractivity contribution >= 4 is 49.1 Å². The van der Waals surface area contributed by atoms with Gasteiger partial charge in [-0.05, 0) is 61.7 Å². The van der Waals surface area contributed by atoms with Gasteiger partial charge in [-0.2, -0.15) is 0 Å². The Labute approximate surface area is 213 Å². The summed E-state index contributed by atoms with van der Waals surface area (Å²) in [6, 6.07) is 17.7. The monoisotopic (exact) mass is 498 g/mol. The molecule has 0 saturated carbocycles. The molecule has 0 radical (unpaired) electrons. The number of hydrogen-bond acceptors (Lipinski definition) is 6. The van der Waals surface area contributed by atoms with Crippen molar-refractivity contribution in [1.29, 1.82) is 0 Å². The predicted molar refractivity (Wildman–Crippen MR) is 146 cm³/mol. The topological polar surface area (TPSA) is 73.6 Å². The Morgan fingerprint density at radius 3 is 2.78 bits per heavy atom. The largest absolute Gasteiger partial charge is 0.497 e. The Morgan fingerprint density at radius 2 is 2.00 bits per heavy atom. The van der Waals surface area contributed by atoms with Crippen LogP contribution >= 0.6 is 11.3 Å². The van der Waals surface area contributed by atoms with E-state index in [2.05, 4.69) is 10.3 Å². The number of thiazole rings is 1. The minimum absolute atomic E-state index is 0.244. The quantitative estimate of drug-likeness (QED) is 0.236. The maximum atomic E-state index is 12.9. The van der Waals surface area contributed by atoms with Crippen molar-refractivity contribution in [1.82, 2.24) is 4.98 Å². The first kappa shape index (κ1) is 23.6. The molecule has 36 heavy (non-hydrogen) atoms. The summed E-state index contributed by atoms with van der Waals surface area (Å²) in [5.74, 6) is 1.19. The van der Waals surface area contributed by atoms with Crippen LogP contribution in [0.3, 0.4) is 0 Å². The molecular formula is C29H26N2O4S. The number of para-hydroxylation sites is 1. The predicted octanol–water partition coefficient (Wildman–Crippen LogP) is 7.47. The molecule has 5 aromatic rings. The van der Waals surface area contributed by atoms with Crippen LogP contribution in [0.2, 0.25) is 0 Å². The lowest BCUT2D eigenvalue weighted by atomic mass is 9.99. The molecule has 7 heteroatoms. The molecule has 0 unspecified atom stereocenters. The maximum absolute atomic E-state index is 12.9. The van der Waals surface area contributed by atoms with E-state index < -0.39 is 0 Å². The summed E-state index contributed by atoms with van der Waals surface area (Å²) in [7, 11) is 1.65. The summed E-state index contributed by atoms with van der Waals surface area (Å²) >= 11 is 1.46. The lowest BCUT2D eigenvalue weighted by Gasteiger charge is -2.12. The molecule has 1 amide bonds. The zero-order chi connectivity index (χ0) is 25.2. The van der Waals surface area contributed by atoms with Crippen LogP contribution in [0.1, 0.15) is 25.0 Å². The molecule has 0 aliphatic rings. The van der Waals surface area contributed by atoms with Gasteiger partial charge in [0.15, 0.2) is 5.13 Å². The molecular weight excluding hydrogens is 472 g/mol. The Kier molecular flexibility index (Phi) is 6.48. The summed E-state index contributed by atoms with van der Waals surface area (Å²) in [6.45, 7) is 6.33. The molecule has 2 heterocycles. The summed E-state index contributed by atoms with van der Waals surface area (Å²) < 4.78 is 18.2. The molecule has 0 spiro atoms. The Morgan fingerprint density at radius 1 is 1.17 bits per heavy atom. The minimum Gasteiger partial charge on any atom is -0.497 e. The van der Waals surface area contributed by atoms with Crippen molar-refractivity contribution in [3.8, 4) is 22.6 Å². The van der Waals surface area contributed by atoms with Crippen molar-refractivity contribution in [2.75, 3.05) is 19.0 Å². The molecule has 0 aliphatic carbocycles. The Bertz CT molecular complexity index is 1610. The summed E-state index contributed by atoms with van der Waals surface area (Å²) in [4.78, 5) is 17.5. The van der Waals surface area contributed by atoms with Gasteiger partial charge < -0.3 is 13.9 Å². The smallest absolute Gasteiger partial charge is 0.250 e. The fourth-order valence-electron chi connectivity index (χ4n) is 4.21. The zero-order valence-corrected chi connectivity index (χ0v) is 21.4. The average molecular weight is 499 g/mol. The molecule has 0 saturated heterocycles. The molecule has 182 valence electrons. The molecule has 5 rings (SSSR count). The van der Waals surface area contributed by atoms with Gasteiger partial charge in [0.05, 0.1) is 30.2 Å². The fourth-order valence-corrected chi connectivity index (χ4v) is 5.15. The third-order valence-corrected chi connectivity index (χ3v) is 6.92. The first-order valence-electron chi connectivity index (χ1n) is 11.6. The lowest BCUT2D eigenvalue weighted by molar-refractivity contribution is -0.111. The second-order valence-electron chi connectivity index (χ2n) is 8.42. The van der Waals surface area contributed by atoms with E-state index in [4.69, 9.17) is 13.9 Å². The number of nitrogens with zero attached hydrogens (tertiary/aromatic N) is 1. The number of carbonyl (C=O) groups is 1. The van der Waals surface area contributed by atoms with Gasteiger partial charge in [0.25, 0.3) is 0 Å². The number of fused-ring (bicyclic) bond motifs is 2. The number of hydrogen-bond donors (Lipinski definition) is 1. The minimum atomic E-state index is -0.244. The summed E-state index contributed by atoms with van der Waals surface area (Å²) in [6.07, 6.45) is 3.31. The van der Waals surface area contributed by atoms with Crippen molar-refractivity contribution < 1.29 is 18.7 Å². The van der Waals surface area contributed by atoms with Crippen molar-refractivity contribution in [3.63, 3.8) is 0 Å². The molecule has 2 aromatic heterocycles. The lowest BCUT2D eigenvalue weighted by Crippen LogP contribution is -2.08. The highest BCUT2D eigenvalue weighted by Crippen LogP contribution is 2.38. The van der Waals surface area contributed by atoms with Gasteiger partial charge in [-0.25, -0.2) is 4.98 Å². The highest BCUT2D eigenvalue weighted by atomic mass is 32.1. The van der Waals surface area contributed by atoms with Gasteiger partial charge in [-0.3, -0.25) is 10.1 Å². The van der Waals surface area contributed by atoms with Crippen molar-refractivity contribution in [3.05, 3.63) is 78.1 Å². The van der Waals surface area contributed by atoms with Crippen LogP contribution in [0, 0.1) is 6.92 Å². The SMILES string of the molecule is CCOc1cc2occ(-c3cccc(OC)c3)c2cc1/C(C)=C/C(=O)Nc1nc2c(C)cccc2s1. The summed E-state index contributed by atoms with van der Waals surface area (Å²) in [5.41, 5.74) is 6.22. The normalized spacial score (nSPS) is 11.7. The third kappa shape index (κ3) is 4.57. The van der Waals surface area contributed by atoms with Gasteiger partial charge in [-0.15, -0.1) is 0 Å². The van der Waals surface area contributed by atoms with E-state index in [0.29, 0.717) is 23.1 Å². The van der Waals surface area contributed by atoms with Gasteiger partial charge in [0.2, 0.25) is 5.91 Å². The number of allylic oxidation sites excluding steroid dienone is 1. The van der Waals surface area contributed by atoms with Gasteiger partial charge in [-0.1, -0.05) is 35.6 Å². The molecule has 0 atom stereocenters. The number of carbonyl (C=O) groups excluding carboxylic acids is 1. The molecule has 6 nitrogen and oxygen atoms in total. The second-order valence-corrected chi connectivity index (χ2v) is 9.45. The van der Waals surface area contributed by atoms with Crippen LogP contribution in [-0.2, 0) is 4.79 Å². The number of anilines is 1. The van der Waals surface area contributed by atoms with Crippen molar-refractivity contribution in [2.24, 2.45) is 0 Å². The van der Waals surface area contributed by atoms with E-state index in [-0.39, 0.29) is 5.91 Å². The van der Waals surface area contributed by atoms with E-state index in [1.165, 1.54) is 11.3 Å². The number of furan rings is 1. The standard InChI is InChI=1S/C29H26N2O4S/c1-5-34-24-15-25-22(23(16-35-25)19-9-7-10-20(13-19)33-4)14-21(24)18(3)12-27(32)30-29-31-28-17(2)8-6-11-26(28)36-29/h6-16H,5H2,1-4H3,(H,30,31,32)/b18-12+. The molecule has 0 fully saturated rings. The van der Waals surface area contributed by atoms with E-state index >= 15 is 0 Å². The number of benzene rings is 3. The Hall–Kier alpha value is -4.10. The van der Waals surface area contributed by atoms with E-state index in [9.17, 15) is 4.79 Å². The van der Waals surface area contributed by atoms with Crippen LogP contribution in [0.5, 0.6) is 11.5 Å². The van der Waals surface area contributed by atoms with Crippen LogP contribution in [-0.4, -0.2) is 24.6 Å². The number of amides is 1. The molecule has 0 bridgehead atoms. The van der Waals surface area contributed by atoms with E-state index in [0.717, 1.165) is 49.2 Å². The van der Waals surface area contributed by atoms with Crippen LogP contribution in [0.15, 0.2) is 71.4 Å². The highest BCUT2D eigenvalue weighted by molar-refractivity contribution is 7.22. The maximum Gasteiger partial charge on any atom is 0.250 e. The summed E-state index contributed by atoms with van der Waals surface area (Å²) in [5, 5.41) is 4.41. The number of ether oxygens (including phenoxy) is 2. The average Bonchev–Trinajstić information content (AvgIpc) is 3.48. The van der Waals surface area contributed by atoms with Gasteiger partial charge >= 0.3 is 0 Å². The highest BCUT2D eigenvalue weighted by Gasteiger charge is 2.16. The van der Waals surface area contributed by atoms with Crippen LogP contribution in [0.25, 0.3) is 37.9 Å². The van der Waals surface area contributed by atoms with E-state index in [1.807, 2.05) is 75.4 Å². The van der Waals surface area contributed by atoms with E-state index in [1.54, 1.807) is 19.4 Å². The van der Waals surface area contributed by atoms with Crippen molar-refractivity contribution in [2.45, 2.75) is 20.8 Å². The number of aryl methyl sites for hydroxylation is 1. The van der Waals surface area contributed by atoms with Crippen LogP contribution < -0.4 is 14.8 Å². The fraction of sp³-hybridized carbons (Fsp3) is 0.172. The van der Waals surface area contributed by atoms with Crippen LogP contribution in [0.4, 0.5) is 5.13 Å². The first-order valence-corrected chi connectivity index (χ1v) is 12.5. The Balaban J connectivity index is 1.50. The number of rotatable bonds is 7. The number of methoxy groups -OCH3 is 1. The van der Waals surface area contributed by atoms with Gasteiger partial charge in [0.1, 0.15) is 17.1 Å². The zero-order valence-electron chi connectivity index (χ0n) is 20.5. The molecule has 1 N–H and O–H groups in total. The third-order valence-electron chi connectivity index (χ3n) is 5.98. The van der Waals surface area contributed by atoms with Gasteiger partial charge in [0, 0.05) is 28.7 Å². The molecule has 3 aromatic carbocycles. The molecule has 0 aliphatic heterocycles. The number of aromatic nitrogens is 1. The first-order chi connectivity index (χ1) is 17.5.